The van der Waals surface area contributed by atoms with E-state index in [9.17, 15) is 13.2 Å². The van der Waals surface area contributed by atoms with Crippen LogP contribution < -0.4 is 5.32 Å². The summed E-state index contributed by atoms with van der Waals surface area (Å²) >= 11 is 0. The minimum absolute atomic E-state index is 0.220. The number of hydrogen-bond acceptors (Lipinski definition) is 2. The molecule has 0 aromatic carbocycles. The summed E-state index contributed by atoms with van der Waals surface area (Å²) in [6, 6.07) is 0.459. The molecule has 0 aromatic heterocycles. The summed E-state index contributed by atoms with van der Waals surface area (Å²) in [5.41, 5.74) is 0. The monoisotopic (exact) mass is 255 g/mol. The largest absolute Gasteiger partial charge is 0.391 e. The maximum atomic E-state index is 11.8. The Kier molecular flexibility index (Phi) is 9.55. The molecule has 0 fully saturated rings. The van der Waals surface area contributed by atoms with Gasteiger partial charge >= 0.3 is 6.18 Å². The molecule has 0 aliphatic heterocycles. The number of halogens is 3. The van der Waals surface area contributed by atoms with E-state index in [1.165, 1.54) is 0 Å². The lowest BCUT2D eigenvalue weighted by molar-refractivity contribution is -0.145. The van der Waals surface area contributed by atoms with Gasteiger partial charge in [-0.3, -0.25) is 0 Å². The standard InChI is InChI=1S/C12H24F3NO/c1-3-8-16-11(4-2)6-5-9-17-10-7-12(13,14)15/h11,16H,3-10H2,1-2H3. The van der Waals surface area contributed by atoms with Gasteiger partial charge in [0.1, 0.15) is 0 Å². The summed E-state index contributed by atoms with van der Waals surface area (Å²) in [4.78, 5) is 0. The molecule has 1 atom stereocenters. The number of nitrogens with one attached hydrogen (secondary N) is 1. The zero-order valence-electron chi connectivity index (χ0n) is 10.8. The summed E-state index contributed by atoms with van der Waals surface area (Å²) in [5.74, 6) is 0. The first-order valence-corrected chi connectivity index (χ1v) is 6.37. The fourth-order valence-electron chi connectivity index (χ4n) is 1.52. The average Bonchev–Trinajstić information content (AvgIpc) is 2.25. The molecule has 17 heavy (non-hydrogen) atoms. The lowest BCUT2D eigenvalue weighted by Crippen LogP contribution is -2.29. The first-order chi connectivity index (χ1) is 7.99. The highest BCUT2D eigenvalue weighted by Crippen LogP contribution is 2.19. The average molecular weight is 255 g/mol. The van der Waals surface area contributed by atoms with Crippen molar-refractivity contribution in [3.8, 4) is 0 Å². The normalized spacial score (nSPS) is 13.9. The minimum atomic E-state index is -4.10. The van der Waals surface area contributed by atoms with Crippen molar-refractivity contribution in [3.63, 3.8) is 0 Å². The molecule has 0 rings (SSSR count). The quantitative estimate of drug-likeness (QED) is 0.603. The Morgan fingerprint density at radius 1 is 1.18 bits per heavy atom. The van der Waals surface area contributed by atoms with Crippen LogP contribution in [0.25, 0.3) is 0 Å². The lowest BCUT2D eigenvalue weighted by atomic mass is 10.1. The molecule has 0 heterocycles. The second kappa shape index (κ2) is 9.71. The molecule has 0 spiro atoms. The van der Waals surface area contributed by atoms with Gasteiger partial charge in [-0.2, -0.15) is 13.2 Å². The maximum Gasteiger partial charge on any atom is 0.391 e. The van der Waals surface area contributed by atoms with Crippen LogP contribution in [0.2, 0.25) is 0 Å². The first-order valence-electron chi connectivity index (χ1n) is 6.37. The van der Waals surface area contributed by atoms with Crippen LogP contribution in [0.15, 0.2) is 0 Å². The van der Waals surface area contributed by atoms with Crippen molar-refractivity contribution in [2.45, 2.75) is 58.2 Å². The van der Waals surface area contributed by atoms with E-state index >= 15 is 0 Å². The highest BCUT2D eigenvalue weighted by atomic mass is 19.4. The highest BCUT2D eigenvalue weighted by Gasteiger charge is 2.26. The first kappa shape index (κ1) is 16.7. The summed E-state index contributed by atoms with van der Waals surface area (Å²) < 4.78 is 40.4. The Labute approximate surface area is 102 Å². The van der Waals surface area contributed by atoms with E-state index in [-0.39, 0.29) is 6.61 Å². The zero-order valence-corrected chi connectivity index (χ0v) is 10.8. The third-order valence-electron chi connectivity index (χ3n) is 2.55. The van der Waals surface area contributed by atoms with Crippen LogP contribution in [-0.4, -0.2) is 32.0 Å². The van der Waals surface area contributed by atoms with Crippen LogP contribution in [0.4, 0.5) is 13.2 Å². The van der Waals surface area contributed by atoms with Gasteiger partial charge in [0, 0.05) is 12.6 Å². The zero-order chi connectivity index (χ0) is 13.1. The van der Waals surface area contributed by atoms with Crippen molar-refractivity contribution in [1.29, 1.82) is 0 Å². The molecule has 0 saturated carbocycles. The summed E-state index contributed by atoms with van der Waals surface area (Å²) in [7, 11) is 0. The van der Waals surface area contributed by atoms with E-state index in [1.807, 2.05) is 0 Å². The van der Waals surface area contributed by atoms with Gasteiger partial charge in [-0.25, -0.2) is 0 Å². The molecule has 0 aromatic rings. The van der Waals surface area contributed by atoms with Gasteiger partial charge in [0.25, 0.3) is 0 Å². The molecule has 0 aliphatic rings. The van der Waals surface area contributed by atoms with Crippen molar-refractivity contribution in [2.24, 2.45) is 0 Å². The molecule has 104 valence electrons. The Balaban J connectivity index is 3.36. The van der Waals surface area contributed by atoms with Gasteiger partial charge in [-0.15, -0.1) is 0 Å². The molecule has 0 aliphatic carbocycles. The van der Waals surface area contributed by atoms with E-state index in [0.29, 0.717) is 12.6 Å². The van der Waals surface area contributed by atoms with Crippen LogP contribution in [0.3, 0.4) is 0 Å². The Hall–Kier alpha value is -0.290. The number of ether oxygens (including phenoxy) is 1. The van der Waals surface area contributed by atoms with Crippen molar-refractivity contribution in [1.82, 2.24) is 5.32 Å². The Morgan fingerprint density at radius 3 is 2.41 bits per heavy atom. The lowest BCUT2D eigenvalue weighted by Gasteiger charge is -2.16. The fourth-order valence-corrected chi connectivity index (χ4v) is 1.52. The van der Waals surface area contributed by atoms with E-state index in [4.69, 9.17) is 4.74 Å². The molecule has 0 saturated heterocycles. The number of alkyl halides is 3. The van der Waals surface area contributed by atoms with Crippen LogP contribution in [0.1, 0.15) is 46.0 Å². The van der Waals surface area contributed by atoms with Crippen LogP contribution in [-0.2, 0) is 4.74 Å². The Morgan fingerprint density at radius 2 is 1.88 bits per heavy atom. The fraction of sp³-hybridized carbons (Fsp3) is 1.00. The van der Waals surface area contributed by atoms with Crippen molar-refractivity contribution >= 4 is 0 Å². The predicted molar refractivity (Wildman–Crippen MR) is 63.1 cm³/mol. The molecular formula is C12H24F3NO. The van der Waals surface area contributed by atoms with Crippen molar-refractivity contribution in [2.75, 3.05) is 19.8 Å². The maximum absolute atomic E-state index is 11.8. The molecule has 1 N–H and O–H groups in total. The molecule has 0 amide bonds. The van der Waals surface area contributed by atoms with Crippen LogP contribution in [0, 0.1) is 0 Å². The molecule has 2 nitrogen and oxygen atoms in total. The summed E-state index contributed by atoms with van der Waals surface area (Å²) in [6.45, 7) is 5.41. The molecule has 0 bridgehead atoms. The molecule has 0 radical (unpaired) electrons. The predicted octanol–water partition coefficient (Wildman–Crippen LogP) is 3.51. The number of hydrogen-bond donors (Lipinski definition) is 1. The molecular weight excluding hydrogens is 231 g/mol. The summed E-state index contributed by atoms with van der Waals surface area (Å²) in [5, 5.41) is 3.40. The van der Waals surface area contributed by atoms with Gasteiger partial charge in [-0.05, 0) is 32.2 Å². The Bertz CT molecular complexity index is 174. The van der Waals surface area contributed by atoms with Gasteiger partial charge in [0.15, 0.2) is 0 Å². The smallest absolute Gasteiger partial charge is 0.381 e. The van der Waals surface area contributed by atoms with E-state index in [1.54, 1.807) is 0 Å². The van der Waals surface area contributed by atoms with Gasteiger partial charge in [0.2, 0.25) is 0 Å². The van der Waals surface area contributed by atoms with Crippen LogP contribution >= 0.6 is 0 Å². The van der Waals surface area contributed by atoms with Gasteiger partial charge < -0.3 is 10.1 Å². The van der Waals surface area contributed by atoms with E-state index < -0.39 is 12.6 Å². The minimum Gasteiger partial charge on any atom is -0.381 e. The SMILES string of the molecule is CCCNC(CC)CCCOCCC(F)(F)F. The van der Waals surface area contributed by atoms with Crippen molar-refractivity contribution in [3.05, 3.63) is 0 Å². The second-order valence-corrected chi connectivity index (χ2v) is 4.18. The topological polar surface area (TPSA) is 21.3 Å². The van der Waals surface area contributed by atoms with Gasteiger partial charge in [0.05, 0.1) is 13.0 Å². The van der Waals surface area contributed by atoms with Gasteiger partial charge in [-0.1, -0.05) is 13.8 Å². The third kappa shape index (κ3) is 12.0. The van der Waals surface area contributed by atoms with Crippen LogP contribution in [0.5, 0.6) is 0 Å². The number of rotatable bonds is 10. The second-order valence-electron chi connectivity index (χ2n) is 4.18. The highest BCUT2D eigenvalue weighted by molar-refractivity contribution is 4.64. The molecule has 5 heteroatoms. The van der Waals surface area contributed by atoms with E-state index in [2.05, 4.69) is 19.2 Å². The van der Waals surface area contributed by atoms with Crippen molar-refractivity contribution < 1.29 is 17.9 Å². The third-order valence-corrected chi connectivity index (χ3v) is 2.55. The molecule has 1 unspecified atom stereocenters. The summed E-state index contributed by atoms with van der Waals surface area (Å²) in [6.07, 6.45) is -1.04. The van der Waals surface area contributed by atoms with E-state index in [0.717, 1.165) is 32.2 Å².